The van der Waals surface area contributed by atoms with Crippen molar-refractivity contribution in [3.8, 4) is 0 Å². The number of nitrogens with zero attached hydrogens (tertiary/aromatic N) is 1. The van der Waals surface area contributed by atoms with Crippen LogP contribution in [-0.4, -0.2) is 17.1 Å². The molecule has 0 fully saturated rings. The van der Waals surface area contributed by atoms with Crippen LogP contribution in [0.5, 0.6) is 0 Å². The van der Waals surface area contributed by atoms with Gasteiger partial charge in [-0.25, -0.2) is 0 Å². The molecule has 0 aliphatic carbocycles. The number of rotatable bonds is 0. The smallest absolute Gasteiger partial charge is 0.407 e. The fraction of sp³-hybridized carbons (Fsp3) is 0.500. The van der Waals surface area contributed by atoms with Gasteiger partial charge in [-0.1, -0.05) is 0 Å². The third kappa shape index (κ3) is 3.60. The Kier molecular flexibility index (Phi) is 1.73. The molecule has 3 heteroatoms. The van der Waals surface area contributed by atoms with Crippen LogP contribution in [0.15, 0.2) is 0 Å². The molecule has 0 aliphatic heterocycles. The summed E-state index contributed by atoms with van der Waals surface area (Å²) >= 11 is 4.19. The van der Waals surface area contributed by atoms with Crippen molar-refractivity contribution in [2.24, 2.45) is 0 Å². The fourth-order valence-electron chi connectivity index (χ4n) is 0. The maximum atomic E-state index is 9.20. The summed E-state index contributed by atoms with van der Waals surface area (Å²) in [5.74, 6) is 0. The van der Waals surface area contributed by atoms with E-state index < -0.39 is 0 Å². The highest BCUT2D eigenvalue weighted by molar-refractivity contribution is 7.51. The maximum absolute atomic E-state index is 9.20. The molecule has 5 heavy (non-hydrogen) atoms. The van der Waals surface area contributed by atoms with Crippen LogP contribution in [-0.2, 0) is 17.6 Å². The third-order valence-corrected chi connectivity index (χ3v) is 0.203. The molecule has 0 atom stereocenters. The predicted octanol–water partition coefficient (Wildman–Crippen LogP) is -0.574. The van der Waals surface area contributed by atoms with Gasteiger partial charge >= 0.3 is 6.08 Å². The minimum atomic E-state index is 0.903. The van der Waals surface area contributed by atoms with E-state index in [1.165, 1.54) is 13.1 Å². The molecule has 0 amide bonds. The first kappa shape index (κ1) is 4.60. The Morgan fingerprint density at radius 2 is 2.20 bits per heavy atom. The van der Waals surface area contributed by atoms with Gasteiger partial charge in [0.25, 0.3) is 0 Å². The van der Waals surface area contributed by atoms with Gasteiger partial charge < -0.3 is 12.8 Å². The highest BCUT2D eigenvalue weighted by atomic mass is 32.1. The molecule has 0 aliphatic rings. The second-order valence-corrected chi connectivity index (χ2v) is 1.14. The molecule has 0 N–H and O–H groups in total. The molecule has 2 nitrogen and oxygen atoms in total. The summed E-state index contributed by atoms with van der Waals surface area (Å²) < 4.78 is 0.903. The first-order chi connectivity index (χ1) is 2.27. The lowest BCUT2D eigenvalue weighted by molar-refractivity contribution is -0.301. The van der Waals surface area contributed by atoms with E-state index in [1.807, 2.05) is 0 Å². The number of hydrogen-bond donors (Lipinski definition) is 0. The van der Waals surface area contributed by atoms with Crippen LogP contribution in [0.2, 0.25) is 0 Å². The van der Waals surface area contributed by atoms with Crippen molar-refractivity contribution in [3.63, 3.8) is 0 Å². The molecular formula is C2H3NOS. The molecule has 0 aromatic heterocycles. The summed E-state index contributed by atoms with van der Waals surface area (Å²) in [6.07, 6.45) is 1.43. The van der Waals surface area contributed by atoms with Crippen LogP contribution in [0.1, 0.15) is 0 Å². The highest BCUT2D eigenvalue weighted by Gasteiger charge is 1.55. The summed E-state index contributed by atoms with van der Waals surface area (Å²) in [5, 5.41) is 0. The molecular weight excluding hydrogens is 86.1 g/mol. The Bertz CT molecular complexity index is 69.7. The summed E-state index contributed by atoms with van der Waals surface area (Å²) in [5.41, 5.74) is 0. The summed E-state index contributed by atoms with van der Waals surface area (Å²) in [7, 11) is 1.45. The quantitative estimate of drug-likeness (QED) is 0.171. The molecule has 0 aromatic rings. The number of hydrogen-bond acceptors (Lipinski definition) is 2. The lowest BCUT2D eigenvalue weighted by Gasteiger charge is -1.78. The van der Waals surface area contributed by atoms with Crippen LogP contribution in [0.4, 0.5) is 0 Å². The van der Waals surface area contributed by atoms with Crippen LogP contribution in [0.25, 0.3) is 0 Å². The molecule has 0 unspecified atom stereocenters. The van der Waals surface area contributed by atoms with E-state index in [0.29, 0.717) is 0 Å². The molecule has 0 spiro atoms. The first-order valence-electron chi connectivity index (χ1n) is 1.06. The lowest BCUT2D eigenvalue weighted by Crippen LogP contribution is -1.86. The van der Waals surface area contributed by atoms with Crippen molar-refractivity contribution in [1.82, 2.24) is 0 Å². The zero-order chi connectivity index (χ0) is 4.28. The Morgan fingerprint density at radius 1 is 2.00 bits per heavy atom. The first-order valence-corrected chi connectivity index (χ1v) is 1.42. The van der Waals surface area contributed by atoms with Gasteiger partial charge in [0.2, 0.25) is 0 Å². The van der Waals surface area contributed by atoms with Crippen molar-refractivity contribution in [2.45, 2.75) is 0 Å². The number of carbonyl (C=O) groups excluding carboxylic acids is 1. The fourth-order valence-corrected chi connectivity index (χ4v) is 0. The zero-order valence-electron chi connectivity index (χ0n) is 2.76. The largest absolute Gasteiger partial charge is 0.419 e. The molecule has 0 rings (SSSR count). The van der Waals surface area contributed by atoms with E-state index in [9.17, 15) is 4.79 Å². The van der Waals surface area contributed by atoms with Crippen molar-refractivity contribution in [2.75, 3.05) is 7.05 Å². The van der Waals surface area contributed by atoms with E-state index in [4.69, 9.17) is 0 Å². The second kappa shape index (κ2) is 1.88. The van der Waals surface area contributed by atoms with Gasteiger partial charge in [-0.05, 0) is 0 Å². The van der Waals surface area contributed by atoms with Crippen molar-refractivity contribution < 1.29 is 8.78 Å². The maximum Gasteiger partial charge on any atom is 0.407 e. The molecule has 0 bridgehead atoms. The third-order valence-electron chi connectivity index (χ3n) is 0.129. The van der Waals surface area contributed by atoms with E-state index in [0.717, 1.165) is 3.98 Å². The van der Waals surface area contributed by atoms with E-state index in [1.54, 1.807) is 0 Å². The average molecular weight is 89.1 g/mol. The SMILES string of the molecule is C[N+]([S-])=C=O. The van der Waals surface area contributed by atoms with Gasteiger partial charge in [0.15, 0.2) is 0 Å². The highest BCUT2D eigenvalue weighted by Crippen LogP contribution is 1.39. The van der Waals surface area contributed by atoms with Crippen LogP contribution >= 0.6 is 0 Å². The topological polar surface area (TPSA) is 20.1 Å². The van der Waals surface area contributed by atoms with E-state index >= 15 is 0 Å². The molecule has 0 saturated heterocycles. The van der Waals surface area contributed by atoms with Crippen LogP contribution in [0, 0.1) is 0 Å². The molecule has 28 valence electrons. The zero-order valence-corrected chi connectivity index (χ0v) is 3.58. The lowest BCUT2D eigenvalue weighted by atomic mass is 11.4. The van der Waals surface area contributed by atoms with Gasteiger partial charge in [0, 0.05) is 0 Å². The minimum absolute atomic E-state index is 0.903. The second-order valence-electron chi connectivity index (χ2n) is 0.589. The standard InChI is InChI=1S/C2H3NOS/c1-3(5)2-4/h1H3. The summed E-state index contributed by atoms with van der Waals surface area (Å²) in [4.78, 5) is 9.20. The van der Waals surface area contributed by atoms with E-state index in [-0.39, 0.29) is 0 Å². The molecule has 0 radical (unpaired) electrons. The van der Waals surface area contributed by atoms with Crippen LogP contribution in [0.3, 0.4) is 0 Å². The van der Waals surface area contributed by atoms with E-state index in [2.05, 4.69) is 12.8 Å². The Balaban J connectivity index is 3.60. The molecule has 0 heterocycles. The van der Waals surface area contributed by atoms with Gasteiger partial charge in [0.05, 0.1) is 0 Å². The normalized spacial score (nSPS) is 5.80. The van der Waals surface area contributed by atoms with Crippen molar-refractivity contribution >= 4 is 18.9 Å². The Morgan fingerprint density at radius 3 is 2.20 bits per heavy atom. The van der Waals surface area contributed by atoms with Gasteiger partial charge in [-0.3, -0.25) is 3.98 Å². The Labute approximate surface area is 35.7 Å². The van der Waals surface area contributed by atoms with Gasteiger partial charge in [-0.15, -0.1) is 0 Å². The van der Waals surface area contributed by atoms with Crippen LogP contribution < -0.4 is 0 Å². The summed E-state index contributed by atoms with van der Waals surface area (Å²) in [6.45, 7) is 0. The number of isocyanates is 1. The minimum Gasteiger partial charge on any atom is -0.419 e. The predicted molar refractivity (Wildman–Crippen MR) is 19.2 cm³/mol. The van der Waals surface area contributed by atoms with Gasteiger partial charge in [0.1, 0.15) is 7.05 Å². The van der Waals surface area contributed by atoms with Crippen molar-refractivity contribution in [1.29, 1.82) is 0 Å². The average Bonchev–Trinajstić information content (AvgIpc) is 1.38. The Hall–Kier alpha value is -0.400. The monoisotopic (exact) mass is 89.0 g/mol. The molecule has 0 saturated carbocycles. The summed E-state index contributed by atoms with van der Waals surface area (Å²) in [6, 6.07) is 0. The molecule has 0 aromatic carbocycles. The van der Waals surface area contributed by atoms with Crippen molar-refractivity contribution in [3.05, 3.63) is 0 Å². The van der Waals surface area contributed by atoms with Gasteiger partial charge in [-0.2, -0.15) is 4.79 Å².